The molecule has 0 bridgehead atoms. The van der Waals surface area contributed by atoms with Gasteiger partial charge in [0.05, 0.1) is 11.5 Å². The molecule has 0 saturated heterocycles. The molecule has 0 aliphatic carbocycles. The first-order valence-corrected chi connectivity index (χ1v) is 7.16. The third kappa shape index (κ3) is 3.24. The van der Waals surface area contributed by atoms with E-state index in [0.29, 0.717) is 13.0 Å². The van der Waals surface area contributed by atoms with Gasteiger partial charge >= 0.3 is 0 Å². The van der Waals surface area contributed by atoms with Crippen molar-refractivity contribution >= 4 is 11.7 Å². The van der Waals surface area contributed by atoms with Crippen molar-refractivity contribution in [2.75, 3.05) is 4.90 Å². The van der Waals surface area contributed by atoms with E-state index >= 15 is 0 Å². The first kappa shape index (κ1) is 15.1. The van der Waals surface area contributed by atoms with E-state index in [1.165, 1.54) is 0 Å². The first-order chi connectivity index (χ1) is 10.1. The molecular weight excluding hydrogens is 262 g/mol. The lowest BCUT2D eigenvalue weighted by molar-refractivity contribution is -0.312. The minimum Gasteiger partial charge on any atom is -0.548 e. The second kappa shape index (κ2) is 6.44. The predicted octanol–water partition coefficient (Wildman–Crippen LogP) is 2.61. The van der Waals surface area contributed by atoms with Crippen LogP contribution in [0.2, 0.25) is 0 Å². The predicted molar refractivity (Wildman–Crippen MR) is 82.8 cm³/mol. The summed E-state index contributed by atoms with van der Waals surface area (Å²) in [5, 5.41) is 11.7. The topological polar surface area (TPSA) is 43.4 Å². The van der Waals surface area contributed by atoms with Crippen molar-refractivity contribution in [1.82, 2.24) is 0 Å². The lowest BCUT2D eigenvalue weighted by atomic mass is 9.94. The molecule has 0 aromatic heterocycles. The zero-order valence-electron chi connectivity index (χ0n) is 12.5. The van der Waals surface area contributed by atoms with E-state index in [0.717, 1.165) is 11.3 Å². The van der Waals surface area contributed by atoms with E-state index in [1.54, 1.807) is 6.92 Å². The summed E-state index contributed by atoms with van der Waals surface area (Å²) < 4.78 is 0. The number of benzene rings is 2. The molecule has 0 fully saturated rings. The maximum atomic E-state index is 11.7. The van der Waals surface area contributed by atoms with Crippen molar-refractivity contribution in [1.29, 1.82) is 0 Å². The molecule has 2 aromatic rings. The minimum atomic E-state index is -1.05. The molecule has 0 spiro atoms. The largest absolute Gasteiger partial charge is 0.548 e. The zero-order valence-corrected chi connectivity index (χ0v) is 12.5. The molecule has 2 aromatic carbocycles. The Morgan fingerprint density at radius 3 is 2.05 bits per heavy atom. The highest BCUT2D eigenvalue weighted by molar-refractivity contribution is 5.81. The number of hydrogen-bond donors (Lipinski definition) is 0. The monoisotopic (exact) mass is 282 g/mol. The van der Waals surface area contributed by atoms with Crippen LogP contribution in [0.15, 0.2) is 60.7 Å². The van der Waals surface area contributed by atoms with Crippen LogP contribution in [-0.4, -0.2) is 11.5 Å². The summed E-state index contributed by atoms with van der Waals surface area (Å²) >= 11 is 0. The molecule has 0 saturated carbocycles. The Labute approximate surface area is 125 Å². The zero-order chi connectivity index (χ0) is 15.3. The fourth-order valence-corrected chi connectivity index (χ4v) is 2.37. The van der Waals surface area contributed by atoms with E-state index < -0.39 is 11.5 Å². The number of carboxylic acids is 1. The molecule has 0 radical (unpaired) electrons. The quantitative estimate of drug-likeness (QED) is 0.818. The van der Waals surface area contributed by atoms with E-state index in [9.17, 15) is 9.90 Å². The Bertz CT molecular complexity index is 583. The molecule has 0 N–H and O–H groups in total. The molecule has 0 amide bonds. The smallest absolute Gasteiger partial charge is 0.0770 e. The summed E-state index contributed by atoms with van der Waals surface area (Å²) in [5.41, 5.74) is 0.911. The van der Waals surface area contributed by atoms with Crippen molar-refractivity contribution in [2.24, 2.45) is 0 Å². The highest BCUT2D eigenvalue weighted by atomic mass is 16.4. The minimum absolute atomic E-state index is 0.469. The summed E-state index contributed by atoms with van der Waals surface area (Å²) in [5.74, 6) is -1.05. The molecule has 3 heteroatoms. The Hall–Kier alpha value is -2.29. The molecule has 1 atom stereocenters. The fourth-order valence-electron chi connectivity index (χ4n) is 2.37. The maximum absolute atomic E-state index is 11.7. The molecule has 3 nitrogen and oxygen atoms in total. The number of nitrogens with zero attached hydrogens (tertiary/aromatic N) is 1. The standard InChI is InChI=1S/C18H21NO2/c1-3-18(2,17(20)21)19(16-12-8-5-9-13-16)14-15-10-6-4-7-11-15/h4-13H,3,14H2,1-2H3,(H,20,21)/p-1. The lowest BCUT2D eigenvalue weighted by Crippen LogP contribution is -2.57. The average molecular weight is 282 g/mol. The van der Waals surface area contributed by atoms with Crippen LogP contribution in [0.25, 0.3) is 0 Å². The molecule has 110 valence electrons. The van der Waals surface area contributed by atoms with Gasteiger partial charge in [0.15, 0.2) is 0 Å². The molecule has 0 aliphatic heterocycles. The Morgan fingerprint density at radius 2 is 1.57 bits per heavy atom. The van der Waals surface area contributed by atoms with Crippen molar-refractivity contribution < 1.29 is 9.90 Å². The number of aliphatic carboxylic acids is 1. The third-order valence-corrected chi connectivity index (χ3v) is 3.98. The fraction of sp³-hybridized carbons (Fsp3) is 0.278. The van der Waals surface area contributed by atoms with E-state index in [1.807, 2.05) is 72.5 Å². The highest BCUT2D eigenvalue weighted by Crippen LogP contribution is 2.28. The summed E-state index contributed by atoms with van der Waals surface area (Å²) in [6, 6.07) is 19.5. The summed E-state index contributed by atoms with van der Waals surface area (Å²) in [7, 11) is 0. The number of rotatable bonds is 6. The molecule has 21 heavy (non-hydrogen) atoms. The van der Waals surface area contributed by atoms with Gasteiger partial charge in [-0.15, -0.1) is 0 Å². The maximum Gasteiger partial charge on any atom is 0.0770 e. The van der Waals surface area contributed by atoms with Crippen LogP contribution in [0.4, 0.5) is 5.69 Å². The summed E-state index contributed by atoms with van der Waals surface area (Å²) in [6.07, 6.45) is 0.469. The van der Waals surface area contributed by atoms with Crippen LogP contribution in [0.5, 0.6) is 0 Å². The van der Waals surface area contributed by atoms with Gasteiger partial charge in [0, 0.05) is 12.2 Å². The number of carbonyl (C=O) groups is 1. The van der Waals surface area contributed by atoms with Gasteiger partial charge in [-0.05, 0) is 31.0 Å². The number of carbonyl (C=O) groups excluding carboxylic acids is 1. The molecule has 1 unspecified atom stereocenters. The lowest BCUT2D eigenvalue weighted by Gasteiger charge is -2.43. The van der Waals surface area contributed by atoms with Crippen LogP contribution >= 0.6 is 0 Å². The van der Waals surface area contributed by atoms with E-state index in [2.05, 4.69) is 0 Å². The Kier molecular flexibility index (Phi) is 4.63. The molecular formula is C18H20NO2-. The van der Waals surface area contributed by atoms with Crippen LogP contribution in [0.1, 0.15) is 25.8 Å². The van der Waals surface area contributed by atoms with Crippen LogP contribution in [-0.2, 0) is 11.3 Å². The number of anilines is 1. The second-order valence-corrected chi connectivity index (χ2v) is 5.32. The van der Waals surface area contributed by atoms with Gasteiger partial charge in [0.1, 0.15) is 0 Å². The molecule has 0 heterocycles. The van der Waals surface area contributed by atoms with Gasteiger partial charge in [0.2, 0.25) is 0 Å². The van der Waals surface area contributed by atoms with Gasteiger partial charge in [0.25, 0.3) is 0 Å². The summed E-state index contributed by atoms with van der Waals surface area (Å²) in [6.45, 7) is 4.12. The van der Waals surface area contributed by atoms with Crippen molar-refractivity contribution in [3.8, 4) is 0 Å². The highest BCUT2D eigenvalue weighted by Gasteiger charge is 2.32. The Morgan fingerprint density at radius 1 is 1.05 bits per heavy atom. The van der Waals surface area contributed by atoms with Crippen molar-refractivity contribution in [3.63, 3.8) is 0 Å². The van der Waals surface area contributed by atoms with Crippen molar-refractivity contribution in [3.05, 3.63) is 66.2 Å². The normalized spacial score (nSPS) is 13.4. The third-order valence-electron chi connectivity index (χ3n) is 3.98. The van der Waals surface area contributed by atoms with Gasteiger partial charge < -0.3 is 14.8 Å². The molecule has 0 aliphatic rings. The van der Waals surface area contributed by atoms with Crippen LogP contribution in [0.3, 0.4) is 0 Å². The number of carboxylic acid groups (broad SMARTS) is 1. The first-order valence-electron chi connectivity index (χ1n) is 7.16. The Balaban J connectivity index is 2.42. The van der Waals surface area contributed by atoms with E-state index in [-0.39, 0.29) is 0 Å². The second-order valence-electron chi connectivity index (χ2n) is 5.32. The van der Waals surface area contributed by atoms with Crippen LogP contribution in [0, 0.1) is 0 Å². The van der Waals surface area contributed by atoms with Crippen LogP contribution < -0.4 is 10.0 Å². The van der Waals surface area contributed by atoms with Gasteiger partial charge in [-0.3, -0.25) is 0 Å². The van der Waals surface area contributed by atoms with Gasteiger partial charge in [-0.2, -0.15) is 0 Å². The number of para-hydroxylation sites is 1. The molecule has 2 rings (SSSR count). The van der Waals surface area contributed by atoms with E-state index in [4.69, 9.17) is 0 Å². The van der Waals surface area contributed by atoms with Gasteiger partial charge in [-0.1, -0.05) is 55.5 Å². The average Bonchev–Trinajstić information content (AvgIpc) is 2.53. The SMILES string of the molecule is CCC(C)(C(=O)[O-])N(Cc1ccccc1)c1ccccc1. The van der Waals surface area contributed by atoms with Gasteiger partial charge in [-0.25, -0.2) is 0 Å². The number of hydrogen-bond acceptors (Lipinski definition) is 3. The van der Waals surface area contributed by atoms with Crippen molar-refractivity contribution in [2.45, 2.75) is 32.4 Å². The summed E-state index contributed by atoms with van der Waals surface area (Å²) in [4.78, 5) is 13.6.